The number of carbonyl (C=O) groups excluding carboxylic acids is 1. The van der Waals surface area contributed by atoms with Gasteiger partial charge >= 0.3 is 0 Å². The third-order valence-electron chi connectivity index (χ3n) is 3.14. The molecule has 0 radical (unpaired) electrons. The smallest absolute Gasteiger partial charge is 0.219 e. The van der Waals surface area contributed by atoms with Gasteiger partial charge in [-0.15, -0.1) is 0 Å². The number of ether oxygens (including phenoxy) is 1. The van der Waals surface area contributed by atoms with E-state index in [1.54, 1.807) is 7.11 Å². The predicted molar refractivity (Wildman–Crippen MR) is 80.6 cm³/mol. The van der Waals surface area contributed by atoms with Crippen LogP contribution in [0.5, 0.6) is 5.75 Å². The highest BCUT2D eigenvalue weighted by Crippen LogP contribution is 2.24. The first kappa shape index (κ1) is 14.1. The molecule has 0 heterocycles. The molecule has 0 aliphatic heterocycles. The fraction of sp³-hybridized carbons (Fsp3) is 0.235. The average Bonchev–Trinajstić information content (AvgIpc) is 2.53. The number of carbonyl (C=O) groups is 1. The fourth-order valence-electron chi connectivity index (χ4n) is 1.99. The number of hydrogen-bond donors (Lipinski definition) is 1. The van der Waals surface area contributed by atoms with Crippen molar-refractivity contribution in [3.05, 3.63) is 54.1 Å². The molecule has 1 amide bonds. The summed E-state index contributed by atoms with van der Waals surface area (Å²) in [4.78, 5) is 11.3. The molecule has 0 fully saturated rings. The number of methoxy groups -OCH3 is 1. The van der Waals surface area contributed by atoms with Crippen molar-refractivity contribution in [3.63, 3.8) is 0 Å². The molecular formula is C17H19NO2. The van der Waals surface area contributed by atoms with Gasteiger partial charge in [-0.25, -0.2) is 0 Å². The molecule has 2 rings (SSSR count). The number of rotatable bonds is 5. The van der Waals surface area contributed by atoms with Gasteiger partial charge in [0.15, 0.2) is 0 Å². The molecule has 0 saturated carbocycles. The van der Waals surface area contributed by atoms with E-state index in [0.29, 0.717) is 13.0 Å². The van der Waals surface area contributed by atoms with Crippen molar-refractivity contribution in [1.82, 2.24) is 5.32 Å². The Morgan fingerprint density at radius 3 is 2.50 bits per heavy atom. The first-order valence-corrected chi connectivity index (χ1v) is 6.73. The summed E-state index contributed by atoms with van der Waals surface area (Å²) >= 11 is 0. The zero-order chi connectivity index (χ0) is 14.4. The van der Waals surface area contributed by atoms with Gasteiger partial charge in [-0.05, 0) is 34.9 Å². The number of hydrogen-bond acceptors (Lipinski definition) is 2. The molecule has 0 unspecified atom stereocenters. The molecule has 3 heteroatoms. The molecule has 1 N–H and O–H groups in total. The Morgan fingerprint density at radius 1 is 1.10 bits per heavy atom. The SMILES string of the molecule is CCC(=O)NCc1cccc(-c2cccc(OC)c2)c1. The van der Waals surface area contributed by atoms with Crippen LogP contribution in [0.15, 0.2) is 48.5 Å². The van der Waals surface area contributed by atoms with Crippen LogP contribution in [-0.2, 0) is 11.3 Å². The third kappa shape index (κ3) is 3.60. The Hall–Kier alpha value is -2.29. The van der Waals surface area contributed by atoms with Crippen molar-refractivity contribution in [2.45, 2.75) is 19.9 Å². The predicted octanol–water partition coefficient (Wildman–Crippen LogP) is 3.39. The summed E-state index contributed by atoms with van der Waals surface area (Å²) < 4.78 is 5.24. The molecule has 0 aromatic heterocycles. The minimum absolute atomic E-state index is 0.0665. The van der Waals surface area contributed by atoms with Gasteiger partial charge in [-0.1, -0.05) is 37.3 Å². The summed E-state index contributed by atoms with van der Waals surface area (Å²) in [6, 6.07) is 16.1. The topological polar surface area (TPSA) is 38.3 Å². The van der Waals surface area contributed by atoms with Crippen molar-refractivity contribution < 1.29 is 9.53 Å². The molecule has 0 bridgehead atoms. The Morgan fingerprint density at radius 2 is 1.80 bits per heavy atom. The van der Waals surface area contributed by atoms with E-state index in [2.05, 4.69) is 17.4 Å². The van der Waals surface area contributed by atoms with Gasteiger partial charge in [0, 0.05) is 13.0 Å². The Kier molecular flexibility index (Phi) is 4.77. The van der Waals surface area contributed by atoms with Crippen LogP contribution in [0.3, 0.4) is 0 Å². The lowest BCUT2D eigenvalue weighted by molar-refractivity contribution is -0.120. The van der Waals surface area contributed by atoms with Crippen LogP contribution >= 0.6 is 0 Å². The van der Waals surface area contributed by atoms with Crippen LogP contribution in [0.2, 0.25) is 0 Å². The summed E-state index contributed by atoms with van der Waals surface area (Å²) in [5.74, 6) is 0.906. The second-order valence-corrected chi connectivity index (χ2v) is 4.56. The molecule has 0 aliphatic carbocycles. The highest BCUT2D eigenvalue weighted by atomic mass is 16.5. The van der Waals surface area contributed by atoms with Gasteiger partial charge in [0.1, 0.15) is 5.75 Å². The van der Waals surface area contributed by atoms with E-state index in [0.717, 1.165) is 22.4 Å². The number of amides is 1. The van der Waals surface area contributed by atoms with E-state index >= 15 is 0 Å². The summed E-state index contributed by atoms with van der Waals surface area (Å²) in [5.41, 5.74) is 3.31. The second-order valence-electron chi connectivity index (χ2n) is 4.56. The largest absolute Gasteiger partial charge is 0.497 e. The zero-order valence-corrected chi connectivity index (χ0v) is 11.8. The third-order valence-corrected chi connectivity index (χ3v) is 3.14. The summed E-state index contributed by atoms with van der Waals surface area (Å²) in [7, 11) is 1.66. The van der Waals surface area contributed by atoms with Crippen molar-refractivity contribution >= 4 is 5.91 Å². The van der Waals surface area contributed by atoms with Crippen LogP contribution in [0.4, 0.5) is 0 Å². The zero-order valence-electron chi connectivity index (χ0n) is 11.8. The van der Waals surface area contributed by atoms with Crippen molar-refractivity contribution in [2.75, 3.05) is 7.11 Å². The van der Waals surface area contributed by atoms with E-state index in [-0.39, 0.29) is 5.91 Å². The van der Waals surface area contributed by atoms with Crippen molar-refractivity contribution in [2.24, 2.45) is 0 Å². The molecule has 2 aromatic rings. The molecule has 104 valence electrons. The summed E-state index contributed by atoms with van der Waals surface area (Å²) in [5, 5.41) is 2.89. The van der Waals surface area contributed by atoms with Crippen LogP contribution in [-0.4, -0.2) is 13.0 Å². The summed E-state index contributed by atoms with van der Waals surface area (Å²) in [6.07, 6.45) is 0.509. The van der Waals surface area contributed by atoms with E-state index < -0.39 is 0 Å². The van der Waals surface area contributed by atoms with Crippen LogP contribution in [0.1, 0.15) is 18.9 Å². The molecule has 0 atom stereocenters. The van der Waals surface area contributed by atoms with Gasteiger partial charge in [-0.3, -0.25) is 4.79 Å². The standard InChI is InChI=1S/C17H19NO2/c1-3-17(19)18-12-13-6-4-7-14(10-13)15-8-5-9-16(11-15)20-2/h4-11H,3,12H2,1-2H3,(H,18,19). The molecule has 20 heavy (non-hydrogen) atoms. The second kappa shape index (κ2) is 6.75. The Bertz CT molecular complexity index is 593. The maximum Gasteiger partial charge on any atom is 0.219 e. The quantitative estimate of drug-likeness (QED) is 0.903. The van der Waals surface area contributed by atoms with E-state index in [1.165, 1.54) is 0 Å². The normalized spacial score (nSPS) is 10.1. The molecule has 3 nitrogen and oxygen atoms in total. The fourth-order valence-corrected chi connectivity index (χ4v) is 1.99. The minimum Gasteiger partial charge on any atom is -0.497 e. The molecule has 0 aliphatic rings. The van der Waals surface area contributed by atoms with Crippen LogP contribution in [0, 0.1) is 0 Å². The number of nitrogens with one attached hydrogen (secondary N) is 1. The average molecular weight is 269 g/mol. The van der Waals surface area contributed by atoms with Crippen LogP contribution in [0.25, 0.3) is 11.1 Å². The maximum absolute atomic E-state index is 11.3. The lowest BCUT2D eigenvalue weighted by Crippen LogP contribution is -2.21. The van der Waals surface area contributed by atoms with Gasteiger partial charge in [0.25, 0.3) is 0 Å². The molecule has 0 saturated heterocycles. The number of benzene rings is 2. The van der Waals surface area contributed by atoms with Crippen molar-refractivity contribution in [3.8, 4) is 16.9 Å². The van der Waals surface area contributed by atoms with E-state index in [1.807, 2.05) is 43.3 Å². The molecule has 0 spiro atoms. The first-order valence-electron chi connectivity index (χ1n) is 6.73. The van der Waals surface area contributed by atoms with Crippen LogP contribution < -0.4 is 10.1 Å². The summed E-state index contributed by atoms with van der Waals surface area (Å²) in [6.45, 7) is 2.41. The lowest BCUT2D eigenvalue weighted by Gasteiger charge is -2.08. The Labute approximate surface area is 119 Å². The minimum atomic E-state index is 0.0665. The monoisotopic (exact) mass is 269 g/mol. The Balaban J connectivity index is 2.18. The van der Waals surface area contributed by atoms with Crippen molar-refractivity contribution in [1.29, 1.82) is 0 Å². The highest BCUT2D eigenvalue weighted by molar-refractivity contribution is 5.75. The molecular weight excluding hydrogens is 250 g/mol. The molecule has 2 aromatic carbocycles. The highest BCUT2D eigenvalue weighted by Gasteiger charge is 2.02. The van der Waals surface area contributed by atoms with Gasteiger partial charge in [0.2, 0.25) is 5.91 Å². The van der Waals surface area contributed by atoms with E-state index in [4.69, 9.17) is 4.74 Å². The maximum atomic E-state index is 11.3. The van der Waals surface area contributed by atoms with Gasteiger partial charge in [0.05, 0.1) is 7.11 Å². The van der Waals surface area contributed by atoms with Gasteiger partial charge < -0.3 is 10.1 Å². The van der Waals surface area contributed by atoms with E-state index in [9.17, 15) is 4.79 Å². The lowest BCUT2D eigenvalue weighted by atomic mass is 10.0. The first-order chi connectivity index (χ1) is 9.72. The van der Waals surface area contributed by atoms with Gasteiger partial charge in [-0.2, -0.15) is 0 Å².